The molecule has 0 unspecified atom stereocenters. The molecule has 1 heterocycles. The average Bonchev–Trinajstić information content (AvgIpc) is 2.26. The number of nitrogens with zero attached hydrogens (tertiary/aromatic N) is 2. The smallest absolute Gasteiger partial charge is 0.247 e. The normalized spacial score (nSPS) is 11.3. The van der Waals surface area contributed by atoms with E-state index in [0.717, 1.165) is 0 Å². The van der Waals surface area contributed by atoms with Crippen molar-refractivity contribution in [1.29, 1.82) is 0 Å². The van der Waals surface area contributed by atoms with Crippen molar-refractivity contribution < 1.29 is 8.42 Å². The fourth-order valence-electron chi connectivity index (χ4n) is 1.61. The second-order valence-electron chi connectivity index (χ2n) is 4.01. The van der Waals surface area contributed by atoms with Crippen molar-refractivity contribution in [2.75, 3.05) is 4.72 Å². The molecule has 0 radical (unpaired) electrons. The second-order valence-corrected chi connectivity index (χ2v) is 6.07. The largest absolute Gasteiger partial charge is 0.265 e. The number of aryl methyl sites for hydroxylation is 2. The van der Waals surface area contributed by atoms with Crippen molar-refractivity contribution in [3.05, 3.63) is 46.7 Å². The van der Waals surface area contributed by atoms with Crippen LogP contribution in [0.2, 0.25) is 5.02 Å². The average molecular weight is 298 g/mol. The van der Waals surface area contributed by atoms with E-state index in [1.165, 1.54) is 12.1 Å². The van der Waals surface area contributed by atoms with Crippen LogP contribution in [0.5, 0.6) is 0 Å². The van der Waals surface area contributed by atoms with Gasteiger partial charge in [-0.1, -0.05) is 23.7 Å². The zero-order valence-corrected chi connectivity index (χ0v) is 12.0. The maximum absolute atomic E-state index is 12.2. The topological polar surface area (TPSA) is 72.0 Å². The molecule has 0 fully saturated rings. The summed E-state index contributed by atoms with van der Waals surface area (Å²) in [5.41, 5.74) is 1.37. The lowest BCUT2D eigenvalue weighted by molar-refractivity contribution is 0.601. The third kappa shape index (κ3) is 3.21. The number of hydrogen-bond acceptors (Lipinski definition) is 4. The van der Waals surface area contributed by atoms with Crippen molar-refractivity contribution >= 4 is 27.6 Å². The molecular weight excluding hydrogens is 286 g/mol. The van der Waals surface area contributed by atoms with Gasteiger partial charge in [0.2, 0.25) is 5.95 Å². The summed E-state index contributed by atoms with van der Waals surface area (Å²) < 4.78 is 26.7. The lowest BCUT2D eigenvalue weighted by Gasteiger charge is -2.08. The molecule has 0 aliphatic heterocycles. The Balaban J connectivity index is 2.39. The molecule has 19 heavy (non-hydrogen) atoms. The van der Waals surface area contributed by atoms with Crippen molar-refractivity contribution in [3.63, 3.8) is 0 Å². The van der Waals surface area contributed by atoms with Crippen LogP contribution in [0.4, 0.5) is 5.95 Å². The molecule has 1 N–H and O–H groups in total. The molecule has 1 aromatic carbocycles. The van der Waals surface area contributed by atoms with Gasteiger partial charge in [-0.25, -0.2) is 23.1 Å². The first-order valence-corrected chi connectivity index (χ1v) is 7.34. The molecule has 0 saturated heterocycles. The molecule has 1 aromatic heterocycles. The fourth-order valence-corrected chi connectivity index (χ4v) is 3.07. The molecule has 0 atom stereocenters. The molecule has 100 valence electrons. The minimum Gasteiger partial charge on any atom is -0.247 e. The van der Waals surface area contributed by atoms with Crippen molar-refractivity contribution in [2.24, 2.45) is 0 Å². The summed E-state index contributed by atoms with van der Waals surface area (Å²) in [6.07, 6.45) is 0. The molecule has 0 spiro atoms. The number of rotatable bonds is 3. The van der Waals surface area contributed by atoms with E-state index in [0.29, 0.717) is 11.4 Å². The zero-order chi connectivity index (χ0) is 14.0. The monoisotopic (exact) mass is 297 g/mol. The number of anilines is 1. The summed E-state index contributed by atoms with van der Waals surface area (Å²) in [6, 6.07) is 7.95. The van der Waals surface area contributed by atoms with E-state index in [-0.39, 0.29) is 15.9 Å². The van der Waals surface area contributed by atoms with Crippen LogP contribution >= 0.6 is 11.6 Å². The van der Waals surface area contributed by atoms with Gasteiger partial charge in [0.25, 0.3) is 10.0 Å². The van der Waals surface area contributed by atoms with Crippen LogP contribution in [0.15, 0.2) is 35.2 Å². The Morgan fingerprint density at radius 3 is 2.26 bits per heavy atom. The number of benzene rings is 1. The number of hydrogen-bond donors (Lipinski definition) is 1. The van der Waals surface area contributed by atoms with Crippen molar-refractivity contribution in [3.8, 4) is 0 Å². The molecule has 0 aliphatic carbocycles. The number of halogens is 1. The predicted molar refractivity (Wildman–Crippen MR) is 73.8 cm³/mol. The Morgan fingerprint density at radius 1 is 1.11 bits per heavy atom. The van der Waals surface area contributed by atoms with Crippen LogP contribution in [0.3, 0.4) is 0 Å². The molecule has 5 nitrogen and oxygen atoms in total. The van der Waals surface area contributed by atoms with Gasteiger partial charge in [-0.3, -0.25) is 0 Å². The Labute approximate surface area is 116 Å². The zero-order valence-electron chi connectivity index (χ0n) is 10.4. The van der Waals surface area contributed by atoms with Crippen LogP contribution in [0.1, 0.15) is 11.4 Å². The Hall–Kier alpha value is -1.66. The van der Waals surface area contributed by atoms with E-state index in [9.17, 15) is 8.42 Å². The van der Waals surface area contributed by atoms with Gasteiger partial charge in [0.1, 0.15) is 4.90 Å². The molecular formula is C12H12ClN3O2S. The van der Waals surface area contributed by atoms with Crippen molar-refractivity contribution in [2.45, 2.75) is 18.7 Å². The lowest BCUT2D eigenvalue weighted by atomic mass is 10.4. The first kappa shape index (κ1) is 13.8. The SMILES string of the molecule is Cc1cc(C)nc(NS(=O)(=O)c2ccccc2Cl)n1. The quantitative estimate of drug-likeness (QED) is 0.945. The summed E-state index contributed by atoms with van der Waals surface area (Å²) in [4.78, 5) is 8.06. The van der Waals surface area contributed by atoms with E-state index in [1.54, 1.807) is 32.0 Å². The maximum Gasteiger partial charge on any atom is 0.265 e. The van der Waals surface area contributed by atoms with Gasteiger partial charge < -0.3 is 0 Å². The fraction of sp³-hybridized carbons (Fsp3) is 0.167. The van der Waals surface area contributed by atoms with Crippen LogP contribution in [0, 0.1) is 13.8 Å². The minimum atomic E-state index is -3.78. The van der Waals surface area contributed by atoms with Crippen LogP contribution in [-0.2, 0) is 10.0 Å². The summed E-state index contributed by atoms with van der Waals surface area (Å²) >= 11 is 5.88. The van der Waals surface area contributed by atoms with Gasteiger partial charge in [0.15, 0.2) is 0 Å². The molecule has 0 aliphatic rings. The molecule has 7 heteroatoms. The number of nitrogens with one attached hydrogen (secondary N) is 1. The highest BCUT2D eigenvalue weighted by Gasteiger charge is 2.18. The van der Waals surface area contributed by atoms with Gasteiger partial charge in [-0.05, 0) is 32.0 Å². The van der Waals surface area contributed by atoms with Crippen LogP contribution in [0.25, 0.3) is 0 Å². The van der Waals surface area contributed by atoms with Gasteiger partial charge in [-0.2, -0.15) is 0 Å². The Morgan fingerprint density at radius 2 is 1.68 bits per heavy atom. The predicted octanol–water partition coefficient (Wildman–Crippen LogP) is 2.55. The lowest BCUT2D eigenvalue weighted by Crippen LogP contribution is -2.16. The summed E-state index contributed by atoms with van der Waals surface area (Å²) in [7, 11) is -3.78. The summed E-state index contributed by atoms with van der Waals surface area (Å²) in [5.74, 6) is 0.0393. The van der Waals surface area contributed by atoms with E-state index in [2.05, 4.69) is 14.7 Å². The van der Waals surface area contributed by atoms with Gasteiger partial charge in [0.05, 0.1) is 5.02 Å². The molecule has 2 aromatic rings. The number of sulfonamides is 1. The van der Waals surface area contributed by atoms with E-state index >= 15 is 0 Å². The molecule has 0 bridgehead atoms. The van der Waals surface area contributed by atoms with Gasteiger partial charge in [0, 0.05) is 11.4 Å². The standard InChI is InChI=1S/C12H12ClN3O2S/c1-8-7-9(2)15-12(14-8)16-19(17,18)11-6-4-3-5-10(11)13/h3-7H,1-2H3,(H,14,15,16). The minimum absolute atomic E-state index is 0.000532. The highest BCUT2D eigenvalue weighted by atomic mass is 35.5. The summed E-state index contributed by atoms with van der Waals surface area (Å²) in [5, 5.41) is 0.152. The third-order valence-electron chi connectivity index (χ3n) is 2.33. The molecule has 0 amide bonds. The van der Waals surface area contributed by atoms with E-state index in [4.69, 9.17) is 11.6 Å². The van der Waals surface area contributed by atoms with E-state index < -0.39 is 10.0 Å². The third-order valence-corrected chi connectivity index (χ3v) is 4.16. The highest BCUT2D eigenvalue weighted by molar-refractivity contribution is 7.92. The van der Waals surface area contributed by atoms with Crippen LogP contribution in [-0.4, -0.2) is 18.4 Å². The van der Waals surface area contributed by atoms with Gasteiger partial charge >= 0.3 is 0 Å². The number of aromatic nitrogens is 2. The highest BCUT2D eigenvalue weighted by Crippen LogP contribution is 2.22. The Kier molecular flexibility index (Phi) is 3.73. The van der Waals surface area contributed by atoms with Crippen LogP contribution < -0.4 is 4.72 Å². The Bertz CT molecular complexity index is 696. The first-order chi connectivity index (χ1) is 8.88. The molecule has 2 rings (SSSR count). The maximum atomic E-state index is 12.2. The van der Waals surface area contributed by atoms with Gasteiger partial charge in [-0.15, -0.1) is 0 Å². The van der Waals surface area contributed by atoms with E-state index in [1.807, 2.05) is 0 Å². The summed E-state index contributed by atoms with van der Waals surface area (Å²) in [6.45, 7) is 3.53. The molecule has 0 saturated carbocycles. The second kappa shape index (κ2) is 5.14. The van der Waals surface area contributed by atoms with Crippen molar-refractivity contribution in [1.82, 2.24) is 9.97 Å². The first-order valence-electron chi connectivity index (χ1n) is 5.48.